The number of nitrogens with zero attached hydrogens (tertiary/aromatic N) is 2. The van der Waals surface area contributed by atoms with Crippen molar-refractivity contribution in [2.45, 2.75) is 94.1 Å². The van der Waals surface area contributed by atoms with Crippen molar-refractivity contribution >= 4 is 12.1 Å². The first-order valence-electron chi connectivity index (χ1n) is 19.7. The van der Waals surface area contributed by atoms with E-state index in [-0.39, 0.29) is 37.3 Å². The molecule has 1 amide bonds. The van der Waals surface area contributed by atoms with Gasteiger partial charge in [-0.2, -0.15) is 0 Å². The smallest absolute Gasteiger partial charge is 0.415 e. The number of aliphatic hydroxyl groups excluding tert-OH is 2. The first kappa shape index (κ1) is 37.7. The van der Waals surface area contributed by atoms with Crippen LogP contribution in [0.15, 0.2) is 24.3 Å². The SMILES string of the molecule is COc1cc([C@@H]2c3cc4c(cc3[C@@H](O[C@@H]3O[C@@H]5CO[C@H](C)O[C@H]5[C@H](O)[C@H]3O)[C@H]3COC(=O)[C@H]23)OCO4)cc(OC)c1OC(=O)N1CCC(N2CCCCC2)CC1. The third kappa shape index (κ3) is 6.72. The number of esters is 1. The molecular formula is C40H50N2O14. The van der Waals surface area contributed by atoms with Gasteiger partial charge in [-0.05, 0) is 86.7 Å². The normalized spacial score (nSPS) is 34.2. The van der Waals surface area contributed by atoms with E-state index in [0.717, 1.165) is 25.9 Å². The topological polar surface area (TPSA) is 173 Å². The number of methoxy groups -OCH3 is 2. The molecule has 5 saturated heterocycles. The number of cyclic esters (lactones) is 1. The molecule has 0 spiro atoms. The lowest BCUT2D eigenvalue weighted by Gasteiger charge is -2.47. The largest absolute Gasteiger partial charge is 0.493 e. The lowest BCUT2D eigenvalue weighted by Crippen LogP contribution is -2.63. The molecule has 1 aliphatic carbocycles. The highest BCUT2D eigenvalue weighted by Gasteiger charge is 2.56. The summed E-state index contributed by atoms with van der Waals surface area (Å²) < 4.78 is 59.1. The Balaban J connectivity index is 1.02. The molecule has 16 heteroatoms. The van der Waals surface area contributed by atoms with Crippen LogP contribution in [0.2, 0.25) is 0 Å². The van der Waals surface area contributed by atoms with Crippen LogP contribution in [0.25, 0.3) is 0 Å². The van der Waals surface area contributed by atoms with Crippen LogP contribution in [0.4, 0.5) is 4.79 Å². The number of rotatable bonds is 7. The molecule has 0 bridgehead atoms. The summed E-state index contributed by atoms with van der Waals surface area (Å²) in [6, 6.07) is 7.63. The van der Waals surface area contributed by atoms with Gasteiger partial charge in [-0.15, -0.1) is 0 Å². The van der Waals surface area contributed by atoms with Gasteiger partial charge in [0.1, 0.15) is 24.4 Å². The average Bonchev–Trinajstić information content (AvgIpc) is 3.85. The van der Waals surface area contributed by atoms with Crippen LogP contribution in [0.5, 0.6) is 28.7 Å². The molecule has 16 nitrogen and oxygen atoms in total. The van der Waals surface area contributed by atoms with Gasteiger partial charge in [0.15, 0.2) is 35.6 Å². The van der Waals surface area contributed by atoms with Gasteiger partial charge in [0, 0.05) is 31.0 Å². The lowest BCUT2D eigenvalue weighted by atomic mass is 9.66. The Morgan fingerprint density at radius 3 is 2.23 bits per heavy atom. The molecule has 5 fully saturated rings. The molecule has 2 aromatic carbocycles. The summed E-state index contributed by atoms with van der Waals surface area (Å²) in [5.74, 6) is -0.735. The number of likely N-dealkylation sites (tertiary alicyclic amines) is 2. The number of aliphatic hydroxyl groups is 2. The fourth-order valence-corrected chi connectivity index (χ4v) is 9.67. The van der Waals surface area contributed by atoms with Crippen molar-refractivity contribution < 1.29 is 67.2 Å². The zero-order valence-corrected chi connectivity index (χ0v) is 31.8. The number of piperidine rings is 2. The van der Waals surface area contributed by atoms with Crippen LogP contribution in [0.3, 0.4) is 0 Å². The van der Waals surface area contributed by atoms with Gasteiger partial charge in [-0.25, -0.2) is 4.79 Å². The second-order valence-electron chi connectivity index (χ2n) is 15.7. The monoisotopic (exact) mass is 782 g/mol. The molecular weight excluding hydrogens is 732 g/mol. The van der Waals surface area contributed by atoms with E-state index in [1.54, 1.807) is 24.0 Å². The second-order valence-corrected chi connectivity index (χ2v) is 15.7. The summed E-state index contributed by atoms with van der Waals surface area (Å²) in [6.07, 6.45) is -1.93. The Labute approximate surface area is 324 Å². The van der Waals surface area contributed by atoms with Crippen molar-refractivity contribution in [3.63, 3.8) is 0 Å². The molecule has 2 N–H and O–H groups in total. The van der Waals surface area contributed by atoms with Gasteiger partial charge < -0.3 is 67.4 Å². The predicted molar refractivity (Wildman–Crippen MR) is 193 cm³/mol. The molecule has 0 radical (unpaired) electrons. The number of benzene rings is 2. The van der Waals surface area contributed by atoms with E-state index in [9.17, 15) is 19.8 Å². The van der Waals surface area contributed by atoms with E-state index in [4.69, 9.17) is 47.4 Å². The minimum absolute atomic E-state index is 0.0130. The lowest BCUT2D eigenvalue weighted by molar-refractivity contribution is -0.364. The van der Waals surface area contributed by atoms with Gasteiger partial charge in [-0.1, -0.05) is 6.42 Å². The number of ether oxygens (including phenoxy) is 10. The number of hydrogen-bond donors (Lipinski definition) is 2. The molecule has 10 atom stereocenters. The Hall–Kier alpha value is -3.90. The summed E-state index contributed by atoms with van der Waals surface area (Å²) in [6.45, 7) is 5.30. The highest BCUT2D eigenvalue weighted by molar-refractivity contribution is 5.79. The number of hydrogen-bond acceptors (Lipinski definition) is 15. The van der Waals surface area contributed by atoms with Crippen LogP contribution >= 0.6 is 0 Å². The third-order valence-electron chi connectivity index (χ3n) is 12.5. The Kier molecular flexibility index (Phi) is 10.4. The molecule has 6 heterocycles. The van der Waals surface area contributed by atoms with Crippen LogP contribution < -0.4 is 23.7 Å². The maximum atomic E-state index is 13.8. The maximum absolute atomic E-state index is 13.8. The van der Waals surface area contributed by atoms with E-state index >= 15 is 0 Å². The first-order chi connectivity index (χ1) is 27.2. The molecule has 6 aliphatic heterocycles. The van der Waals surface area contributed by atoms with Crippen LogP contribution in [-0.4, -0.2) is 136 Å². The van der Waals surface area contributed by atoms with Crippen molar-refractivity contribution in [2.75, 3.05) is 60.4 Å². The number of fused-ring (bicyclic) bond motifs is 4. The second kappa shape index (κ2) is 15.5. The Morgan fingerprint density at radius 2 is 1.54 bits per heavy atom. The zero-order chi connectivity index (χ0) is 38.7. The summed E-state index contributed by atoms with van der Waals surface area (Å²) in [4.78, 5) is 31.7. The molecule has 304 valence electrons. The minimum Gasteiger partial charge on any atom is -0.493 e. The first-order valence-corrected chi connectivity index (χ1v) is 19.7. The summed E-state index contributed by atoms with van der Waals surface area (Å²) >= 11 is 0. The Morgan fingerprint density at radius 1 is 0.839 bits per heavy atom. The summed E-state index contributed by atoms with van der Waals surface area (Å²) in [5.41, 5.74) is 2.00. The van der Waals surface area contributed by atoms with Crippen molar-refractivity contribution in [1.82, 2.24) is 9.80 Å². The van der Waals surface area contributed by atoms with Crippen molar-refractivity contribution in [2.24, 2.45) is 11.8 Å². The quantitative estimate of drug-likeness (QED) is 0.392. The molecule has 0 aromatic heterocycles. The number of amides is 1. The van der Waals surface area contributed by atoms with Crippen LogP contribution in [0, 0.1) is 11.8 Å². The number of carbonyl (C=O) groups excluding carboxylic acids is 2. The van der Waals surface area contributed by atoms with Crippen molar-refractivity contribution in [1.29, 1.82) is 0 Å². The van der Waals surface area contributed by atoms with Gasteiger partial charge in [0.2, 0.25) is 12.5 Å². The predicted octanol–water partition coefficient (Wildman–Crippen LogP) is 3.08. The molecule has 0 saturated carbocycles. The summed E-state index contributed by atoms with van der Waals surface area (Å²) in [5, 5.41) is 22.3. The molecule has 9 rings (SSSR count). The number of carbonyl (C=O) groups is 2. The average molecular weight is 783 g/mol. The van der Waals surface area contributed by atoms with Gasteiger partial charge >= 0.3 is 12.1 Å². The molecule has 56 heavy (non-hydrogen) atoms. The maximum Gasteiger partial charge on any atom is 0.415 e. The third-order valence-corrected chi connectivity index (χ3v) is 12.5. The van der Waals surface area contributed by atoms with Crippen molar-refractivity contribution in [3.8, 4) is 28.7 Å². The molecule has 2 aromatic rings. The standard InChI is InChI=1S/C40H50N2O14/c1-20-49-18-30-37(53-20)33(43)34(44)39(54-30)55-35-24-16-27-26(51-19-52-27)15-23(24)31(32-25(35)17-50-38(32)45)21-13-28(47-2)36(29(14-21)48-3)56-40(46)42-11-7-22(8-12-42)41-9-5-4-6-10-41/h13-16,20,22,25,30-35,37,39,43-44H,4-12,17-19H2,1-3H3/t20-,25-,30+,31+,32-,33+,34+,35+,37+,39-/m0/s1. The van der Waals surface area contributed by atoms with E-state index < -0.39 is 72.9 Å². The Bertz CT molecular complexity index is 1770. The fourth-order valence-electron chi connectivity index (χ4n) is 9.67. The highest BCUT2D eigenvalue weighted by Crippen LogP contribution is 2.57. The van der Waals surface area contributed by atoms with Crippen LogP contribution in [0.1, 0.15) is 67.7 Å². The van der Waals surface area contributed by atoms with Gasteiger partial charge in [0.05, 0.1) is 39.5 Å². The fraction of sp³-hybridized carbons (Fsp3) is 0.650. The zero-order valence-electron chi connectivity index (χ0n) is 31.8. The highest BCUT2D eigenvalue weighted by atomic mass is 16.8. The van der Waals surface area contributed by atoms with Gasteiger partial charge in [-0.3, -0.25) is 4.79 Å². The van der Waals surface area contributed by atoms with E-state index in [0.29, 0.717) is 47.3 Å². The van der Waals surface area contributed by atoms with E-state index in [1.807, 2.05) is 12.1 Å². The van der Waals surface area contributed by atoms with Gasteiger partial charge in [0.25, 0.3) is 0 Å². The molecule has 0 unspecified atom stereocenters. The van der Waals surface area contributed by atoms with E-state index in [1.165, 1.54) is 33.5 Å². The van der Waals surface area contributed by atoms with E-state index in [2.05, 4.69) is 4.90 Å². The summed E-state index contributed by atoms with van der Waals surface area (Å²) in [7, 11) is 2.97. The minimum atomic E-state index is -1.46. The van der Waals surface area contributed by atoms with Crippen molar-refractivity contribution in [3.05, 3.63) is 41.0 Å². The molecule has 7 aliphatic rings. The van der Waals surface area contributed by atoms with Crippen LogP contribution in [-0.2, 0) is 28.5 Å².